The van der Waals surface area contributed by atoms with Crippen molar-refractivity contribution in [1.29, 1.82) is 0 Å². The van der Waals surface area contributed by atoms with E-state index in [-0.39, 0.29) is 0 Å². The number of hydrogen-bond acceptors (Lipinski definition) is 3. The lowest BCUT2D eigenvalue weighted by Crippen LogP contribution is -2.34. The van der Waals surface area contributed by atoms with Crippen LogP contribution in [0.4, 0.5) is 0 Å². The molecule has 2 N–H and O–H groups in total. The molecule has 0 aliphatic carbocycles. The highest BCUT2D eigenvalue weighted by Crippen LogP contribution is 2.36. The van der Waals surface area contributed by atoms with Crippen LogP contribution in [-0.4, -0.2) is 24.0 Å². The van der Waals surface area contributed by atoms with Crippen molar-refractivity contribution in [2.45, 2.75) is 25.4 Å². The van der Waals surface area contributed by atoms with Gasteiger partial charge in [0, 0.05) is 34.1 Å². The van der Waals surface area contributed by atoms with E-state index in [1.54, 1.807) is 0 Å². The molecule has 1 saturated heterocycles. The second-order valence-electron chi connectivity index (χ2n) is 4.84. The summed E-state index contributed by atoms with van der Waals surface area (Å²) in [6.45, 7) is 2.84. The number of nitrogens with zero attached hydrogens (tertiary/aromatic N) is 1. The van der Waals surface area contributed by atoms with Crippen LogP contribution >= 0.6 is 22.9 Å². The number of likely N-dealkylation sites (tertiary alicyclic amines) is 1. The van der Waals surface area contributed by atoms with Gasteiger partial charge in [0.1, 0.15) is 0 Å². The van der Waals surface area contributed by atoms with Crippen LogP contribution in [0.5, 0.6) is 0 Å². The summed E-state index contributed by atoms with van der Waals surface area (Å²) in [5, 5.41) is 2.11. The quantitative estimate of drug-likeness (QED) is 0.933. The number of thiophene rings is 1. The van der Waals surface area contributed by atoms with E-state index in [4.69, 9.17) is 17.3 Å². The first-order chi connectivity index (χ1) is 8.79. The normalized spacial score (nSPS) is 20.9. The fourth-order valence-corrected chi connectivity index (χ4v) is 4.24. The van der Waals surface area contributed by atoms with E-state index in [2.05, 4.69) is 23.1 Å². The van der Waals surface area contributed by atoms with Crippen LogP contribution in [0.3, 0.4) is 0 Å². The minimum atomic E-state index is 0.534. The van der Waals surface area contributed by atoms with Gasteiger partial charge < -0.3 is 5.73 Å². The van der Waals surface area contributed by atoms with Crippen molar-refractivity contribution < 1.29 is 0 Å². The van der Waals surface area contributed by atoms with Crippen LogP contribution in [0.25, 0.3) is 10.1 Å². The van der Waals surface area contributed by atoms with Crippen molar-refractivity contribution >= 4 is 33.0 Å². The highest BCUT2D eigenvalue weighted by atomic mass is 35.5. The molecule has 2 aromatic rings. The van der Waals surface area contributed by atoms with Gasteiger partial charge in [-0.25, -0.2) is 0 Å². The van der Waals surface area contributed by atoms with Crippen molar-refractivity contribution in [2.75, 3.05) is 13.1 Å². The van der Waals surface area contributed by atoms with E-state index in [1.807, 2.05) is 17.4 Å². The first kappa shape index (κ1) is 12.4. The largest absolute Gasteiger partial charge is 0.329 e. The summed E-state index contributed by atoms with van der Waals surface area (Å²) in [4.78, 5) is 3.74. The SMILES string of the molecule is NCC1CCCN1Cc1sc2ccccc2c1Cl. The van der Waals surface area contributed by atoms with E-state index in [0.29, 0.717) is 6.04 Å². The third kappa shape index (κ3) is 2.16. The molecule has 2 nitrogen and oxygen atoms in total. The fraction of sp³-hybridized carbons (Fsp3) is 0.429. The van der Waals surface area contributed by atoms with Crippen molar-refractivity contribution in [3.63, 3.8) is 0 Å². The molecular weight excluding hydrogens is 264 g/mol. The molecule has 1 aromatic carbocycles. The van der Waals surface area contributed by atoms with E-state index in [1.165, 1.54) is 27.8 Å². The molecule has 0 amide bonds. The molecule has 1 fully saturated rings. The molecule has 18 heavy (non-hydrogen) atoms. The van der Waals surface area contributed by atoms with Gasteiger partial charge in [0.15, 0.2) is 0 Å². The minimum absolute atomic E-state index is 0.534. The molecule has 0 spiro atoms. The first-order valence-corrected chi connectivity index (χ1v) is 7.59. The Balaban J connectivity index is 1.88. The zero-order valence-electron chi connectivity index (χ0n) is 10.2. The van der Waals surface area contributed by atoms with Crippen LogP contribution in [0, 0.1) is 0 Å². The van der Waals surface area contributed by atoms with Gasteiger partial charge in [-0.05, 0) is 25.5 Å². The highest BCUT2D eigenvalue weighted by molar-refractivity contribution is 7.19. The van der Waals surface area contributed by atoms with E-state index < -0.39 is 0 Å². The van der Waals surface area contributed by atoms with Gasteiger partial charge in [-0.2, -0.15) is 0 Å². The average molecular weight is 281 g/mol. The molecule has 2 heterocycles. The van der Waals surface area contributed by atoms with Crippen molar-refractivity contribution in [1.82, 2.24) is 4.90 Å². The Kier molecular flexibility index (Phi) is 3.57. The maximum Gasteiger partial charge on any atom is 0.0637 e. The van der Waals surface area contributed by atoms with Crippen LogP contribution in [0.2, 0.25) is 5.02 Å². The van der Waals surface area contributed by atoms with Gasteiger partial charge in [-0.15, -0.1) is 11.3 Å². The van der Waals surface area contributed by atoms with Gasteiger partial charge in [0.05, 0.1) is 5.02 Å². The molecule has 1 aliphatic rings. The van der Waals surface area contributed by atoms with Crippen molar-refractivity contribution in [2.24, 2.45) is 5.73 Å². The first-order valence-electron chi connectivity index (χ1n) is 6.39. The fourth-order valence-electron chi connectivity index (χ4n) is 2.72. The van der Waals surface area contributed by atoms with Gasteiger partial charge in [-0.1, -0.05) is 29.8 Å². The summed E-state index contributed by atoms with van der Waals surface area (Å²) in [6.07, 6.45) is 2.48. The molecule has 0 saturated carbocycles. The van der Waals surface area contributed by atoms with Crippen LogP contribution in [0.1, 0.15) is 17.7 Å². The Bertz CT molecular complexity index is 552. The molecule has 0 bridgehead atoms. The minimum Gasteiger partial charge on any atom is -0.329 e. The van der Waals surface area contributed by atoms with E-state index in [0.717, 1.165) is 24.7 Å². The van der Waals surface area contributed by atoms with Crippen molar-refractivity contribution in [3.8, 4) is 0 Å². The number of nitrogens with two attached hydrogens (primary N) is 1. The second-order valence-corrected chi connectivity index (χ2v) is 6.35. The molecule has 96 valence electrons. The van der Waals surface area contributed by atoms with Crippen molar-refractivity contribution in [3.05, 3.63) is 34.2 Å². The third-order valence-corrected chi connectivity index (χ3v) is 5.42. The summed E-state index contributed by atoms with van der Waals surface area (Å²) >= 11 is 8.29. The Morgan fingerprint density at radius 3 is 3.00 bits per heavy atom. The molecule has 1 atom stereocenters. The molecule has 0 radical (unpaired) electrons. The molecule has 1 aromatic heterocycles. The monoisotopic (exact) mass is 280 g/mol. The number of halogens is 1. The Labute approximate surface area is 116 Å². The topological polar surface area (TPSA) is 29.3 Å². The number of hydrogen-bond donors (Lipinski definition) is 1. The lowest BCUT2D eigenvalue weighted by Gasteiger charge is -2.22. The zero-order valence-corrected chi connectivity index (χ0v) is 11.8. The van der Waals surface area contributed by atoms with Crippen LogP contribution < -0.4 is 5.73 Å². The predicted octanol–water partition coefficient (Wildman–Crippen LogP) is 3.48. The molecule has 1 unspecified atom stereocenters. The summed E-state index contributed by atoms with van der Waals surface area (Å²) in [7, 11) is 0. The molecule has 1 aliphatic heterocycles. The smallest absolute Gasteiger partial charge is 0.0637 e. The zero-order chi connectivity index (χ0) is 12.5. The Morgan fingerprint density at radius 2 is 2.22 bits per heavy atom. The highest BCUT2D eigenvalue weighted by Gasteiger charge is 2.24. The summed E-state index contributed by atoms with van der Waals surface area (Å²) in [5.41, 5.74) is 5.82. The summed E-state index contributed by atoms with van der Waals surface area (Å²) < 4.78 is 1.28. The number of fused-ring (bicyclic) bond motifs is 1. The molecule has 4 heteroatoms. The lowest BCUT2D eigenvalue weighted by molar-refractivity contribution is 0.252. The van der Waals surface area contributed by atoms with Crippen LogP contribution in [0.15, 0.2) is 24.3 Å². The number of rotatable bonds is 3. The Morgan fingerprint density at radius 1 is 1.39 bits per heavy atom. The third-order valence-electron chi connectivity index (χ3n) is 3.72. The predicted molar refractivity (Wildman–Crippen MR) is 79.3 cm³/mol. The van der Waals surface area contributed by atoms with Gasteiger partial charge in [0.25, 0.3) is 0 Å². The van der Waals surface area contributed by atoms with Gasteiger partial charge in [0.2, 0.25) is 0 Å². The Hall–Kier alpha value is -0.610. The maximum atomic E-state index is 6.48. The van der Waals surface area contributed by atoms with Gasteiger partial charge >= 0.3 is 0 Å². The molecular formula is C14H17ClN2S. The number of benzene rings is 1. The standard InChI is InChI=1S/C14H17ClN2S/c15-14-11-5-1-2-6-12(11)18-13(14)9-17-7-3-4-10(17)8-16/h1-2,5-6,10H,3-4,7-9,16H2. The second kappa shape index (κ2) is 5.17. The van der Waals surface area contributed by atoms with E-state index >= 15 is 0 Å². The summed E-state index contributed by atoms with van der Waals surface area (Å²) in [6, 6.07) is 8.88. The lowest BCUT2D eigenvalue weighted by atomic mass is 10.2. The van der Waals surface area contributed by atoms with E-state index in [9.17, 15) is 0 Å². The average Bonchev–Trinajstić information content (AvgIpc) is 2.96. The molecule has 3 rings (SSSR count). The summed E-state index contributed by atoms with van der Waals surface area (Å²) in [5.74, 6) is 0. The maximum absolute atomic E-state index is 6.48. The van der Waals surface area contributed by atoms with Crippen LogP contribution in [-0.2, 0) is 6.54 Å². The van der Waals surface area contributed by atoms with Gasteiger partial charge in [-0.3, -0.25) is 4.90 Å².